The minimum Gasteiger partial charge on any atom is -0.385 e. The molecule has 3 heteroatoms. The number of piperidine rings is 1. The second-order valence-electron chi connectivity index (χ2n) is 4.28. The van der Waals surface area contributed by atoms with Crippen LogP contribution in [0.2, 0.25) is 0 Å². The maximum Gasteiger partial charge on any atom is 0.0778 e. The van der Waals surface area contributed by atoms with Crippen molar-refractivity contribution in [2.45, 2.75) is 38.2 Å². The largest absolute Gasteiger partial charge is 0.385 e. The average molecular weight is 201 g/mol. The summed E-state index contributed by atoms with van der Waals surface area (Å²) in [4.78, 5) is 0. The van der Waals surface area contributed by atoms with Gasteiger partial charge in [-0.25, -0.2) is 0 Å². The van der Waals surface area contributed by atoms with Crippen molar-refractivity contribution >= 4 is 0 Å². The molecule has 0 aromatic carbocycles. The van der Waals surface area contributed by atoms with Crippen molar-refractivity contribution in [1.29, 1.82) is 0 Å². The third-order valence-electron chi connectivity index (χ3n) is 2.75. The van der Waals surface area contributed by atoms with E-state index < -0.39 is 0 Å². The first-order valence-corrected chi connectivity index (χ1v) is 5.60. The minimum atomic E-state index is 0.0747. The summed E-state index contributed by atoms with van der Waals surface area (Å²) in [5.41, 5.74) is 0.0747. The molecule has 1 N–H and O–H groups in total. The summed E-state index contributed by atoms with van der Waals surface area (Å²) < 4.78 is 10.9. The van der Waals surface area contributed by atoms with Gasteiger partial charge in [0.15, 0.2) is 0 Å². The molecule has 14 heavy (non-hydrogen) atoms. The standard InChI is InChI=1S/C11H23NO2/c1-11(6-5-7-12-10-11)14-9-4-3-8-13-2/h12H,3-10H2,1-2H3. The molecule has 0 saturated carbocycles. The first-order valence-electron chi connectivity index (χ1n) is 5.60. The smallest absolute Gasteiger partial charge is 0.0778 e. The molecular weight excluding hydrogens is 178 g/mol. The van der Waals surface area contributed by atoms with Crippen molar-refractivity contribution in [3.8, 4) is 0 Å². The number of rotatable bonds is 6. The molecule has 0 radical (unpaired) electrons. The van der Waals surface area contributed by atoms with Crippen LogP contribution in [-0.4, -0.2) is 39.0 Å². The SMILES string of the molecule is COCCCCOC1(C)CCCNC1. The molecule has 84 valence electrons. The average Bonchev–Trinajstić information content (AvgIpc) is 2.18. The van der Waals surface area contributed by atoms with E-state index in [2.05, 4.69) is 12.2 Å². The molecule has 0 bridgehead atoms. The number of ether oxygens (including phenoxy) is 2. The summed E-state index contributed by atoms with van der Waals surface area (Å²) in [5.74, 6) is 0. The van der Waals surface area contributed by atoms with Crippen LogP contribution in [0.4, 0.5) is 0 Å². The van der Waals surface area contributed by atoms with Crippen LogP contribution in [0.5, 0.6) is 0 Å². The topological polar surface area (TPSA) is 30.5 Å². The first-order chi connectivity index (χ1) is 6.77. The van der Waals surface area contributed by atoms with Crippen LogP contribution in [0.15, 0.2) is 0 Å². The van der Waals surface area contributed by atoms with Gasteiger partial charge >= 0.3 is 0 Å². The van der Waals surface area contributed by atoms with Gasteiger partial charge in [-0.05, 0) is 39.2 Å². The number of unbranched alkanes of at least 4 members (excludes halogenated alkanes) is 1. The highest BCUT2D eigenvalue weighted by atomic mass is 16.5. The fraction of sp³-hybridized carbons (Fsp3) is 1.00. The fourth-order valence-corrected chi connectivity index (χ4v) is 1.82. The van der Waals surface area contributed by atoms with Crippen molar-refractivity contribution in [2.24, 2.45) is 0 Å². The zero-order valence-corrected chi connectivity index (χ0v) is 9.47. The Morgan fingerprint density at radius 3 is 2.71 bits per heavy atom. The van der Waals surface area contributed by atoms with E-state index >= 15 is 0 Å². The van der Waals surface area contributed by atoms with E-state index in [0.29, 0.717) is 0 Å². The Bertz CT molecular complexity index is 144. The van der Waals surface area contributed by atoms with Crippen LogP contribution in [0, 0.1) is 0 Å². The molecule has 3 nitrogen and oxygen atoms in total. The summed E-state index contributed by atoms with van der Waals surface area (Å²) in [5, 5.41) is 3.38. The van der Waals surface area contributed by atoms with Crippen molar-refractivity contribution in [2.75, 3.05) is 33.4 Å². The molecule has 0 spiro atoms. The molecule has 1 fully saturated rings. The molecule has 0 amide bonds. The monoisotopic (exact) mass is 201 g/mol. The van der Waals surface area contributed by atoms with Crippen LogP contribution in [-0.2, 0) is 9.47 Å². The van der Waals surface area contributed by atoms with E-state index in [9.17, 15) is 0 Å². The van der Waals surface area contributed by atoms with Crippen LogP contribution in [0.1, 0.15) is 32.6 Å². The lowest BCUT2D eigenvalue weighted by Gasteiger charge is -2.34. The molecule has 1 unspecified atom stereocenters. The lowest BCUT2D eigenvalue weighted by Crippen LogP contribution is -2.45. The summed E-state index contributed by atoms with van der Waals surface area (Å²) in [6, 6.07) is 0. The molecular formula is C11H23NO2. The maximum absolute atomic E-state index is 5.90. The lowest BCUT2D eigenvalue weighted by atomic mass is 9.96. The molecule has 0 aliphatic carbocycles. The van der Waals surface area contributed by atoms with Gasteiger partial charge in [0, 0.05) is 26.9 Å². The van der Waals surface area contributed by atoms with Gasteiger partial charge in [-0.15, -0.1) is 0 Å². The number of nitrogens with one attached hydrogen (secondary N) is 1. The quantitative estimate of drug-likeness (QED) is 0.662. The number of methoxy groups -OCH3 is 1. The van der Waals surface area contributed by atoms with E-state index in [1.54, 1.807) is 7.11 Å². The van der Waals surface area contributed by atoms with Gasteiger partial charge in [-0.1, -0.05) is 0 Å². The van der Waals surface area contributed by atoms with Crippen molar-refractivity contribution in [1.82, 2.24) is 5.32 Å². The number of hydrogen-bond donors (Lipinski definition) is 1. The van der Waals surface area contributed by atoms with Gasteiger partial charge in [0.2, 0.25) is 0 Å². The van der Waals surface area contributed by atoms with Crippen LogP contribution in [0.25, 0.3) is 0 Å². The van der Waals surface area contributed by atoms with Gasteiger partial charge in [-0.3, -0.25) is 0 Å². The summed E-state index contributed by atoms with van der Waals surface area (Å²) in [7, 11) is 1.74. The predicted molar refractivity (Wildman–Crippen MR) is 57.6 cm³/mol. The summed E-state index contributed by atoms with van der Waals surface area (Å²) in [6.07, 6.45) is 4.61. The summed E-state index contributed by atoms with van der Waals surface area (Å²) >= 11 is 0. The highest BCUT2D eigenvalue weighted by Crippen LogP contribution is 2.20. The zero-order chi connectivity index (χ0) is 10.3. The van der Waals surface area contributed by atoms with Gasteiger partial charge in [0.1, 0.15) is 0 Å². The Balaban J connectivity index is 2.03. The highest BCUT2D eigenvalue weighted by molar-refractivity contribution is 4.82. The normalized spacial score (nSPS) is 27.9. The third kappa shape index (κ3) is 4.40. The van der Waals surface area contributed by atoms with Crippen molar-refractivity contribution in [3.63, 3.8) is 0 Å². The summed E-state index contributed by atoms with van der Waals surface area (Å²) in [6.45, 7) is 6.05. The van der Waals surface area contributed by atoms with Gasteiger partial charge in [0.05, 0.1) is 5.60 Å². The van der Waals surface area contributed by atoms with E-state index in [0.717, 1.165) is 39.1 Å². The molecule has 0 aromatic heterocycles. The highest BCUT2D eigenvalue weighted by Gasteiger charge is 2.26. The Morgan fingerprint density at radius 1 is 1.29 bits per heavy atom. The number of hydrogen-bond acceptors (Lipinski definition) is 3. The second-order valence-corrected chi connectivity index (χ2v) is 4.28. The van der Waals surface area contributed by atoms with Crippen molar-refractivity contribution in [3.05, 3.63) is 0 Å². The lowest BCUT2D eigenvalue weighted by molar-refractivity contribution is -0.0488. The molecule has 1 heterocycles. The molecule has 0 aromatic rings. The third-order valence-corrected chi connectivity index (χ3v) is 2.75. The van der Waals surface area contributed by atoms with E-state index in [1.807, 2.05) is 0 Å². The minimum absolute atomic E-state index is 0.0747. The zero-order valence-electron chi connectivity index (χ0n) is 9.47. The van der Waals surface area contributed by atoms with E-state index in [4.69, 9.17) is 9.47 Å². The Kier molecular flexibility index (Phi) is 5.45. The molecule has 1 saturated heterocycles. The Morgan fingerprint density at radius 2 is 2.07 bits per heavy atom. The van der Waals surface area contributed by atoms with Crippen LogP contribution < -0.4 is 5.32 Å². The van der Waals surface area contributed by atoms with Gasteiger partial charge in [0.25, 0.3) is 0 Å². The Hall–Kier alpha value is -0.120. The molecule has 1 aliphatic heterocycles. The molecule has 1 aliphatic rings. The predicted octanol–water partition coefficient (Wildman–Crippen LogP) is 1.57. The van der Waals surface area contributed by atoms with Crippen molar-refractivity contribution < 1.29 is 9.47 Å². The maximum atomic E-state index is 5.90. The van der Waals surface area contributed by atoms with E-state index in [-0.39, 0.29) is 5.60 Å². The van der Waals surface area contributed by atoms with E-state index in [1.165, 1.54) is 12.8 Å². The molecule has 1 rings (SSSR count). The molecule has 1 atom stereocenters. The first kappa shape index (κ1) is 12.0. The van der Waals surface area contributed by atoms with Crippen LogP contribution in [0.3, 0.4) is 0 Å². The van der Waals surface area contributed by atoms with Gasteiger partial charge in [-0.2, -0.15) is 0 Å². The fourth-order valence-electron chi connectivity index (χ4n) is 1.82. The second kappa shape index (κ2) is 6.38. The van der Waals surface area contributed by atoms with Crippen LogP contribution >= 0.6 is 0 Å². The Labute approximate surface area is 87.2 Å². The van der Waals surface area contributed by atoms with Gasteiger partial charge < -0.3 is 14.8 Å².